The van der Waals surface area contributed by atoms with Gasteiger partial charge in [0.2, 0.25) is 0 Å². The fraction of sp³-hybridized carbons (Fsp3) is 0.500. The number of hydrogen-bond acceptors (Lipinski definition) is 3. The molecular weight excluding hydrogens is 319 g/mol. The van der Waals surface area contributed by atoms with Crippen LogP contribution in [0.2, 0.25) is 0 Å². The van der Waals surface area contributed by atoms with E-state index in [0.717, 1.165) is 12.1 Å². The number of halogens is 5. The Morgan fingerprint density at radius 2 is 1.52 bits per heavy atom. The predicted octanol–water partition coefficient (Wildman–Crippen LogP) is 4.03. The largest absolute Gasteiger partial charge is 0.389 e. The summed E-state index contributed by atoms with van der Waals surface area (Å²) in [6.45, 7) is 1.67. The van der Waals surface area contributed by atoms with Crippen molar-refractivity contribution in [2.75, 3.05) is 0 Å². The Hall–Kier alpha value is -1.22. The van der Waals surface area contributed by atoms with E-state index in [1.807, 2.05) is 0 Å². The molecule has 0 bridgehead atoms. The van der Waals surface area contributed by atoms with Gasteiger partial charge in [0.25, 0.3) is 0 Å². The van der Waals surface area contributed by atoms with Crippen LogP contribution in [0.15, 0.2) is 29.2 Å². The van der Waals surface area contributed by atoms with Crippen LogP contribution < -0.4 is 0 Å². The van der Waals surface area contributed by atoms with E-state index in [9.17, 15) is 30.4 Å². The van der Waals surface area contributed by atoms with Gasteiger partial charge in [-0.15, -0.1) is 0 Å². The first kappa shape index (κ1) is 17.8. The zero-order valence-electron chi connectivity index (χ0n) is 11.0. The van der Waals surface area contributed by atoms with Crippen LogP contribution >= 0.6 is 0 Å². The Labute approximate surface area is 118 Å². The second-order valence-corrected chi connectivity index (χ2v) is 6.00. The maximum Gasteiger partial charge on any atom is 0.389 e. The molecule has 0 atom stereocenters. The van der Waals surface area contributed by atoms with Gasteiger partial charge in [-0.2, -0.15) is 34.6 Å². The summed E-state index contributed by atoms with van der Waals surface area (Å²) >= 11 is 0. The van der Waals surface area contributed by atoms with Gasteiger partial charge >= 0.3 is 22.4 Å². The van der Waals surface area contributed by atoms with Crippen molar-refractivity contribution in [2.24, 2.45) is 0 Å². The summed E-state index contributed by atoms with van der Waals surface area (Å²) in [6, 6.07) is 4.93. The minimum absolute atomic E-state index is 0.483. The lowest BCUT2D eigenvalue weighted by Crippen LogP contribution is -2.26. The van der Waals surface area contributed by atoms with E-state index < -0.39 is 46.6 Å². The van der Waals surface area contributed by atoms with Crippen LogP contribution in [-0.4, -0.2) is 20.7 Å². The van der Waals surface area contributed by atoms with Gasteiger partial charge in [-0.25, -0.2) is 0 Å². The number of aryl methyl sites for hydroxylation is 1. The van der Waals surface area contributed by atoms with Crippen LogP contribution in [0, 0.1) is 6.92 Å². The molecule has 120 valence electrons. The SMILES string of the molecule is Cc1ccc(S(=O)(=O)OC(F)(F)CCCC(F)(F)F)cc1. The normalized spacial score (nSPS) is 13.4. The van der Waals surface area contributed by atoms with Crippen molar-refractivity contribution >= 4 is 10.1 Å². The van der Waals surface area contributed by atoms with Crippen molar-refractivity contribution in [2.45, 2.75) is 43.4 Å². The van der Waals surface area contributed by atoms with E-state index in [0.29, 0.717) is 5.56 Å². The summed E-state index contributed by atoms with van der Waals surface area (Å²) in [6.07, 6.45) is -12.5. The summed E-state index contributed by atoms with van der Waals surface area (Å²) in [5, 5.41) is 0. The number of alkyl halides is 5. The minimum atomic E-state index is -4.73. The molecule has 0 saturated heterocycles. The molecular formula is C12H13F5O3S. The van der Waals surface area contributed by atoms with Crippen LogP contribution in [0.3, 0.4) is 0 Å². The molecule has 0 unspecified atom stereocenters. The van der Waals surface area contributed by atoms with E-state index >= 15 is 0 Å². The molecule has 1 aromatic carbocycles. The lowest BCUT2D eigenvalue weighted by atomic mass is 10.2. The van der Waals surface area contributed by atoms with Crippen LogP contribution in [0.25, 0.3) is 0 Å². The topological polar surface area (TPSA) is 43.4 Å². The van der Waals surface area contributed by atoms with E-state index in [1.54, 1.807) is 6.92 Å². The molecule has 9 heteroatoms. The molecule has 0 aliphatic carbocycles. The van der Waals surface area contributed by atoms with E-state index in [4.69, 9.17) is 0 Å². The van der Waals surface area contributed by atoms with Crippen molar-refractivity contribution in [3.05, 3.63) is 29.8 Å². The fourth-order valence-electron chi connectivity index (χ4n) is 1.45. The van der Waals surface area contributed by atoms with Crippen LogP contribution in [-0.2, 0) is 14.3 Å². The van der Waals surface area contributed by atoms with Crippen LogP contribution in [0.1, 0.15) is 24.8 Å². The van der Waals surface area contributed by atoms with Gasteiger partial charge in [0.1, 0.15) is 0 Å². The molecule has 0 radical (unpaired) electrons. The average Bonchev–Trinajstić information content (AvgIpc) is 2.25. The maximum atomic E-state index is 13.3. The predicted molar refractivity (Wildman–Crippen MR) is 64.3 cm³/mol. The van der Waals surface area contributed by atoms with Gasteiger partial charge in [0.05, 0.1) is 4.90 Å². The van der Waals surface area contributed by atoms with Gasteiger partial charge in [-0.3, -0.25) is 0 Å². The highest BCUT2D eigenvalue weighted by Gasteiger charge is 2.38. The molecule has 0 aromatic heterocycles. The van der Waals surface area contributed by atoms with Crippen molar-refractivity contribution in [3.8, 4) is 0 Å². The third kappa shape index (κ3) is 6.38. The first-order valence-electron chi connectivity index (χ1n) is 5.88. The zero-order valence-corrected chi connectivity index (χ0v) is 11.8. The summed E-state index contributed by atoms with van der Waals surface area (Å²) in [5.41, 5.74) is 0.714. The van der Waals surface area contributed by atoms with Crippen molar-refractivity contribution in [1.82, 2.24) is 0 Å². The molecule has 0 N–H and O–H groups in total. The van der Waals surface area contributed by atoms with Gasteiger partial charge in [0.15, 0.2) is 0 Å². The Morgan fingerprint density at radius 1 is 1.00 bits per heavy atom. The van der Waals surface area contributed by atoms with Gasteiger partial charge in [0, 0.05) is 12.8 Å². The average molecular weight is 332 g/mol. The first-order valence-corrected chi connectivity index (χ1v) is 7.29. The number of benzene rings is 1. The maximum absolute atomic E-state index is 13.3. The number of rotatable bonds is 6. The molecule has 0 fully saturated rings. The van der Waals surface area contributed by atoms with Crippen molar-refractivity contribution in [3.63, 3.8) is 0 Å². The van der Waals surface area contributed by atoms with E-state index in [-0.39, 0.29) is 0 Å². The highest BCUT2D eigenvalue weighted by molar-refractivity contribution is 7.86. The summed E-state index contributed by atoms with van der Waals surface area (Å²) in [7, 11) is -4.73. The molecule has 0 aliphatic rings. The van der Waals surface area contributed by atoms with E-state index in [2.05, 4.69) is 4.18 Å². The Kier molecular flexibility index (Phi) is 5.32. The molecule has 0 heterocycles. The fourth-order valence-corrected chi connectivity index (χ4v) is 2.42. The minimum Gasteiger partial charge on any atom is -0.197 e. The second kappa shape index (κ2) is 6.27. The summed E-state index contributed by atoms with van der Waals surface area (Å²) < 4.78 is 89.1. The molecule has 3 nitrogen and oxygen atoms in total. The number of hydrogen-bond donors (Lipinski definition) is 0. The third-order valence-electron chi connectivity index (χ3n) is 2.47. The summed E-state index contributed by atoms with van der Waals surface area (Å²) in [5.74, 6) is 0. The molecule has 0 amide bonds. The zero-order chi connectivity index (χ0) is 16.3. The van der Waals surface area contributed by atoms with Gasteiger partial charge in [-0.05, 0) is 25.5 Å². The highest BCUT2D eigenvalue weighted by Crippen LogP contribution is 2.31. The Morgan fingerprint density at radius 3 is 2.00 bits per heavy atom. The molecule has 21 heavy (non-hydrogen) atoms. The second-order valence-electron chi connectivity index (χ2n) is 4.46. The van der Waals surface area contributed by atoms with Crippen molar-refractivity contribution < 1.29 is 34.6 Å². The highest BCUT2D eigenvalue weighted by atomic mass is 32.2. The molecule has 0 aliphatic heterocycles. The monoisotopic (exact) mass is 332 g/mol. The Bertz CT molecular complexity index is 564. The molecule has 0 spiro atoms. The van der Waals surface area contributed by atoms with Gasteiger partial charge in [-0.1, -0.05) is 17.7 Å². The first-order chi connectivity index (χ1) is 9.41. The lowest BCUT2D eigenvalue weighted by Gasteiger charge is -2.17. The summed E-state index contributed by atoms with van der Waals surface area (Å²) in [4.78, 5) is -0.483. The molecule has 0 saturated carbocycles. The van der Waals surface area contributed by atoms with E-state index in [1.165, 1.54) is 12.1 Å². The van der Waals surface area contributed by atoms with Crippen molar-refractivity contribution in [1.29, 1.82) is 0 Å². The van der Waals surface area contributed by atoms with Gasteiger partial charge < -0.3 is 0 Å². The van der Waals surface area contributed by atoms with Crippen LogP contribution in [0.5, 0.6) is 0 Å². The molecule has 1 rings (SSSR count). The molecule has 1 aromatic rings. The standard InChI is InChI=1S/C12H13F5O3S/c1-9-3-5-10(6-4-9)21(18,19)20-12(16,17)8-2-7-11(13,14)15/h3-6H,2,7-8H2,1H3. The third-order valence-corrected chi connectivity index (χ3v) is 3.78. The lowest BCUT2D eigenvalue weighted by molar-refractivity contribution is -0.185. The smallest absolute Gasteiger partial charge is 0.197 e. The Balaban J connectivity index is 2.71. The quantitative estimate of drug-likeness (QED) is 0.584. The van der Waals surface area contributed by atoms with Crippen LogP contribution in [0.4, 0.5) is 22.0 Å².